The van der Waals surface area contributed by atoms with Crippen LogP contribution < -0.4 is 9.47 Å². The van der Waals surface area contributed by atoms with Crippen molar-refractivity contribution >= 4 is 23.4 Å². The first-order valence-corrected chi connectivity index (χ1v) is 22.5. The molecule has 2 heterocycles. The second kappa shape index (κ2) is 22.3. The predicted molar refractivity (Wildman–Crippen MR) is 239 cm³/mol. The number of nitrogens with zero attached hydrogens (tertiary/aromatic N) is 4. The van der Waals surface area contributed by atoms with E-state index in [4.69, 9.17) is 28.9 Å². The minimum Gasteiger partial charge on any atom is -0.492 e. The summed E-state index contributed by atoms with van der Waals surface area (Å²) in [5.74, 6) is -1.17. The van der Waals surface area contributed by atoms with Gasteiger partial charge in [-0.2, -0.15) is 0 Å². The fourth-order valence-corrected chi connectivity index (χ4v) is 9.24. The van der Waals surface area contributed by atoms with E-state index in [1.807, 2.05) is 32.9 Å². The van der Waals surface area contributed by atoms with Gasteiger partial charge < -0.3 is 44.0 Å². The van der Waals surface area contributed by atoms with E-state index in [2.05, 4.69) is 23.6 Å². The lowest BCUT2D eigenvalue weighted by atomic mass is 9.55. The van der Waals surface area contributed by atoms with Gasteiger partial charge in [0.1, 0.15) is 29.7 Å². The molecule has 0 bridgehead atoms. The molecule has 2 aliphatic heterocycles. The van der Waals surface area contributed by atoms with Crippen molar-refractivity contribution in [2.24, 2.45) is 22.9 Å². The first-order valence-electron chi connectivity index (χ1n) is 22.5. The van der Waals surface area contributed by atoms with Gasteiger partial charge in [-0.3, -0.25) is 19.8 Å². The number of aliphatic hydroxyl groups excluding tert-OH is 3. The number of carbonyl (C=O) groups excluding carboxylic acids is 1. The maximum Gasteiger partial charge on any atom is 0.269 e. The van der Waals surface area contributed by atoms with E-state index in [0.29, 0.717) is 36.5 Å². The number of amides is 1. The largest absolute Gasteiger partial charge is 0.492 e. The zero-order valence-corrected chi connectivity index (χ0v) is 37.1. The molecule has 0 aromatic heterocycles. The number of unbranched alkanes of at least 4 members (excludes halogenated alkanes) is 2. The smallest absolute Gasteiger partial charge is 0.269 e. The second-order valence-electron chi connectivity index (χ2n) is 17.7. The van der Waals surface area contributed by atoms with Crippen LogP contribution in [0.15, 0.2) is 78.0 Å². The first-order chi connectivity index (χ1) is 30.4. The summed E-state index contributed by atoms with van der Waals surface area (Å²) in [5, 5.41) is 45.7. The highest BCUT2D eigenvalue weighted by Gasteiger charge is 2.65. The van der Waals surface area contributed by atoms with Crippen LogP contribution in [-0.4, -0.2) is 132 Å². The molecule has 0 unspecified atom stereocenters. The number of benzene rings is 2. The topological polar surface area (TPSA) is 186 Å². The number of allylic oxidation sites excluding steroid dienone is 1. The average Bonchev–Trinajstić information content (AvgIpc) is 4.10. The van der Waals surface area contributed by atoms with Crippen molar-refractivity contribution < 1.29 is 48.8 Å². The summed E-state index contributed by atoms with van der Waals surface area (Å²) in [4.78, 5) is 36.0. The van der Waals surface area contributed by atoms with Crippen LogP contribution in [0.1, 0.15) is 82.8 Å². The Morgan fingerprint density at radius 1 is 1.03 bits per heavy atom. The van der Waals surface area contributed by atoms with Gasteiger partial charge in [0, 0.05) is 75.5 Å². The Labute approximate surface area is 371 Å². The average molecular weight is 875 g/mol. The molecule has 0 spiro atoms. The maximum atomic E-state index is 14.8. The lowest BCUT2D eigenvalue weighted by Crippen LogP contribution is -2.70. The number of hydrogen-bond acceptors (Lipinski definition) is 13. The van der Waals surface area contributed by atoms with E-state index in [0.717, 1.165) is 62.2 Å². The van der Waals surface area contributed by atoms with Crippen LogP contribution in [0.3, 0.4) is 0 Å². The van der Waals surface area contributed by atoms with Crippen LogP contribution in [0.25, 0.3) is 6.08 Å². The molecule has 2 aromatic rings. The van der Waals surface area contributed by atoms with Crippen LogP contribution >= 0.6 is 0 Å². The summed E-state index contributed by atoms with van der Waals surface area (Å²) in [6, 6.07) is 11.1. The molecule has 0 radical (unpaired) electrons. The number of oxime groups is 1. The monoisotopic (exact) mass is 874 g/mol. The summed E-state index contributed by atoms with van der Waals surface area (Å²) in [6.45, 7) is 13.7. The lowest BCUT2D eigenvalue weighted by molar-refractivity contribution is -0.384. The van der Waals surface area contributed by atoms with E-state index >= 15 is 0 Å². The molecule has 1 saturated carbocycles. The van der Waals surface area contributed by atoms with Crippen molar-refractivity contribution in [1.29, 1.82) is 0 Å². The molecule has 2 aliphatic carbocycles. The third-order valence-corrected chi connectivity index (χ3v) is 12.2. The van der Waals surface area contributed by atoms with Gasteiger partial charge in [-0.1, -0.05) is 30.1 Å². The van der Waals surface area contributed by atoms with Crippen LogP contribution in [0.5, 0.6) is 11.5 Å². The highest BCUT2D eigenvalue weighted by molar-refractivity contribution is 6.03. The molecule has 344 valence electrons. The molecule has 4 aliphatic rings. The Kier molecular flexibility index (Phi) is 16.9. The highest BCUT2D eigenvalue weighted by Crippen LogP contribution is 2.62. The summed E-state index contributed by atoms with van der Waals surface area (Å²) in [5.41, 5.74) is 2.44. The van der Waals surface area contributed by atoms with Crippen LogP contribution in [0.2, 0.25) is 0 Å². The SMILES string of the molecule is C=CCO[C@@]12Oc3ccc(OCCN4CC4)cc3[C@H]3[C@H](CCCCO)[C@@H](CCCCO)C=C(C(=NOC(C)(C)C)C[C@@H]1N(CCOCCO)C(=O)C=Cc1ccc([N+](=O)[O-])cc1)[C@H]32. The van der Waals surface area contributed by atoms with Gasteiger partial charge in [0.05, 0.1) is 43.0 Å². The Morgan fingerprint density at radius 3 is 2.44 bits per heavy atom. The fraction of sp³-hybridized carbons (Fsp3) is 0.583. The van der Waals surface area contributed by atoms with Crippen molar-refractivity contribution in [1.82, 2.24) is 9.80 Å². The number of ether oxygens (including phenoxy) is 4. The van der Waals surface area contributed by atoms with Gasteiger partial charge in [-0.25, -0.2) is 0 Å². The Hall–Kier alpha value is -4.64. The van der Waals surface area contributed by atoms with E-state index in [1.165, 1.54) is 18.2 Å². The molecule has 1 saturated heterocycles. The third-order valence-electron chi connectivity index (χ3n) is 12.2. The normalized spacial score (nSPS) is 24.6. The van der Waals surface area contributed by atoms with Crippen molar-refractivity contribution in [3.63, 3.8) is 0 Å². The Balaban J connectivity index is 1.55. The molecule has 1 amide bonds. The van der Waals surface area contributed by atoms with Gasteiger partial charge in [-0.15, -0.1) is 6.58 Å². The van der Waals surface area contributed by atoms with E-state index in [-0.39, 0.29) is 82.0 Å². The quantitative estimate of drug-likeness (QED) is 0.0254. The third kappa shape index (κ3) is 12.1. The number of carbonyl (C=O) groups is 1. The minimum atomic E-state index is -1.49. The molecular formula is C48H66N4O11. The maximum absolute atomic E-state index is 14.8. The molecule has 15 nitrogen and oxygen atoms in total. The number of fused-ring (bicyclic) bond motifs is 2. The van der Waals surface area contributed by atoms with Gasteiger partial charge in [0.25, 0.3) is 5.69 Å². The second-order valence-corrected chi connectivity index (χ2v) is 17.7. The van der Waals surface area contributed by atoms with Crippen molar-refractivity contribution in [2.45, 2.75) is 89.1 Å². The zero-order valence-electron chi connectivity index (χ0n) is 37.1. The number of hydrogen-bond donors (Lipinski definition) is 3. The Morgan fingerprint density at radius 2 is 1.78 bits per heavy atom. The van der Waals surface area contributed by atoms with Crippen molar-refractivity contribution in [2.75, 3.05) is 72.4 Å². The predicted octanol–water partition coefficient (Wildman–Crippen LogP) is 6.27. The van der Waals surface area contributed by atoms with Gasteiger partial charge >= 0.3 is 0 Å². The van der Waals surface area contributed by atoms with Gasteiger partial charge in [0.15, 0.2) is 0 Å². The van der Waals surface area contributed by atoms with Gasteiger partial charge in [-0.05, 0) is 106 Å². The molecule has 15 heteroatoms. The van der Waals surface area contributed by atoms with Crippen LogP contribution in [0.4, 0.5) is 5.69 Å². The molecule has 2 fully saturated rings. The fourth-order valence-electron chi connectivity index (χ4n) is 9.24. The highest BCUT2D eigenvalue weighted by atomic mass is 16.7. The van der Waals surface area contributed by atoms with Crippen LogP contribution in [-0.2, 0) is 19.1 Å². The first kappa shape index (κ1) is 47.8. The number of aliphatic hydroxyl groups is 3. The standard InChI is InChI=1S/C48H66N4O11/c1-5-27-61-48-43(51(23-28-59-30-26-55)44(56)19-14-34-12-15-36(16-13-34)52(57)58)33-41(49-63-47(2,3)4)39-31-35(10-6-8-24-53)38(11-7-9-25-54)45(46(39)48)40-32-37(17-18-42(40)62-48)60-29-22-50-20-21-50/h5,12-19,31-32,35,38,43,45-46,53-55H,1,6-11,20-30,33H2,2-4H3/t35-,38+,43-,45+,46+,48+/m0/s1. The van der Waals surface area contributed by atoms with Gasteiger partial charge in [0.2, 0.25) is 11.7 Å². The number of nitro groups is 1. The van der Waals surface area contributed by atoms with E-state index < -0.39 is 28.3 Å². The van der Waals surface area contributed by atoms with Crippen LogP contribution in [0, 0.1) is 27.9 Å². The number of nitro benzene ring substituents is 1. The Bertz CT molecular complexity index is 1940. The molecule has 6 rings (SSSR count). The molecule has 3 N–H and O–H groups in total. The summed E-state index contributed by atoms with van der Waals surface area (Å²) in [6.07, 6.45) is 11.7. The van der Waals surface area contributed by atoms with E-state index in [1.54, 1.807) is 29.2 Å². The lowest BCUT2D eigenvalue weighted by Gasteiger charge is -2.60. The zero-order chi connectivity index (χ0) is 45.0. The summed E-state index contributed by atoms with van der Waals surface area (Å²) >= 11 is 0. The minimum absolute atomic E-state index is 0.0359. The summed E-state index contributed by atoms with van der Waals surface area (Å²) < 4.78 is 26.6. The van der Waals surface area contributed by atoms with Crippen molar-refractivity contribution in [3.8, 4) is 11.5 Å². The molecule has 63 heavy (non-hydrogen) atoms. The van der Waals surface area contributed by atoms with E-state index in [9.17, 15) is 30.2 Å². The molecule has 2 aromatic carbocycles. The molecular weight excluding hydrogens is 809 g/mol. The number of rotatable bonds is 25. The molecule has 6 atom stereocenters. The van der Waals surface area contributed by atoms with Crippen molar-refractivity contribution in [3.05, 3.63) is 94.1 Å². The number of non-ortho nitro benzene ring substituents is 1. The summed E-state index contributed by atoms with van der Waals surface area (Å²) in [7, 11) is 0.